The maximum absolute atomic E-state index is 12.9. The average Bonchev–Trinajstić information content (AvgIpc) is 3.38. The SMILES string of the molecule is C=CCn1c(SCC(=O)Nc2cc(OC)ccc2OC)nnc1-c1cc(-c2ccccc2)nc2ccccc12. The molecule has 0 aliphatic heterocycles. The molecule has 0 aliphatic carbocycles. The first kappa shape index (κ1) is 26.0. The first-order valence-electron chi connectivity index (χ1n) is 12.3. The Morgan fingerprint density at radius 3 is 2.56 bits per heavy atom. The fourth-order valence-corrected chi connectivity index (χ4v) is 4.98. The minimum atomic E-state index is -0.206. The van der Waals surface area contributed by atoms with E-state index in [-0.39, 0.29) is 11.7 Å². The van der Waals surface area contributed by atoms with Crippen molar-refractivity contribution in [2.45, 2.75) is 11.7 Å². The van der Waals surface area contributed by atoms with Gasteiger partial charge in [0.25, 0.3) is 0 Å². The van der Waals surface area contributed by atoms with Gasteiger partial charge in [0.1, 0.15) is 11.5 Å². The van der Waals surface area contributed by atoms with E-state index in [0.717, 1.165) is 27.7 Å². The Morgan fingerprint density at radius 2 is 1.79 bits per heavy atom. The van der Waals surface area contributed by atoms with Gasteiger partial charge >= 0.3 is 0 Å². The average molecular weight is 538 g/mol. The second-order valence-corrected chi connectivity index (χ2v) is 9.49. The largest absolute Gasteiger partial charge is 0.497 e. The number of fused-ring (bicyclic) bond motifs is 1. The van der Waals surface area contributed by atoms with Crippen LogP contribution < -0.4 is 14.8 Å². The highest BCUT2D eigenvalue weighted by atomic mass is 32.2. The molecule has 2 heterocycles. The van der Waals surface area contributed by atoms with Crippen molar-refractivity contribution in [2.24, 2.45) is 0 Å². The van der Waals surface area contributed by atoms with E-state index in [1.54, 1.807) is 38.5 Å². The summed E-state index contributed by atoms with van der Waals surface area (Å²) in [6.07, 6.45) is 1.79. The topological polar surface area (TPSA) is 91.2 Å². The molecule has 8 nitrogen and oxygen atoms in total. The molecule has 196 valence electrons. The number of methoxy groups -OCH3 is 2. The van der Waals surface area contributed by atoms with Crippen molar-refractivity contribution < 1.29 is 14.3 Å². The molecule has 0 atom stereocenters. The monoisotopic (exact) mass is 537 g/mol. The van der Waals surface area contributed by atoms with Crippen LogP contribution in [0.25, 0.3) is 33.5 Å². The second kappa shape index (κ2) is 11.8. The van der Waals surface area contributed by atoms with E-state index in [4.69, 9.17) is 14.5 Å². The molecule has 2 aromatic heterocycles. The molecule has 1 amide bonds. The van der Waals surface area contributed by atoms with Crippen molar-refractivity contribution in [2.75, 3.05) is 25.3 Å². The normalized spacial score (nSPS) is 10.8. The number of nitrogens with one attached hydrogen (secondary N) is 1. The molecule has 3 aromatic carbocycles. The summed E-state index contributed by atoms with van der Waals surface area (Å²) in [7, 11) is 3.12. The van der Waals surface area contributed by atoms with Gasteiger partial charge in [-0.15, -0.1) is 16.8 Å². The Morgan fingerprint density at radius 1 is 1.00 bits per heavy atom. The quantitative estimate of drug-likeness (QED) is 0.170. The number of amides is 1. The van der Waals surface area contributed by atoms with Crippen LogP contribution in [-0.2, 0) is 11.3 Å². The highest BCUT2D eigenvalue weighted by Crippen LogP contribution is 2.33. The van der Waals surface area contributed by atoms with Crippen molar-refractivity contribution >= 4 is 34.3 Å². The molecule has 0 fully saturated rings. The summed E-state index contributed by atoms with van der Waals surface area (Å²) in [4.78, 5) is 17.7. The van der Waals surface area contributed by atoms with Gasteiger partial charge in [0.15, 0.2) is 11.0 Å². The molecule has 39 heavy (non-hydrogen) atoms. The molecule has 0 unspecified atom stereocenters. The number of rotatable bonds is 10. The Balaban J connectivity index is 1.45. The van der Waals surface area contributed by atoms with E-state index >= 15 is 0 Å². The summed E-state index contributed by atoms with van der Waals surface area (Å²) in [6, 6.07) is 25.3. The van der Waals surface area contributed by atoms with Crippen LogP contribution >= 0.6 is 11.8 Å². The zero-order valence-corrected chi connectivity index (χ0v) is 22.4. The zero-order valence-electron chi connectivity index (χ0n) is 21.6. The lowest BCUT2D eigenvalue weighted by Gasteiger charge is -2.13. The van der Waals surface area contributed by atoms with E-state index in [2.05, 4.69) is 22.1 Å². The molecule has 1 N–H and O–H groups in total. The van der Waals surface area contributed by atoms with Crippen LogP contribution in [0.1, 0.15) is 0 Å². The summed E-state index contributed by atoms with van der Waals surface area (Å²) < 4.78 is 12.6. The molecule has 0 spiro atoms. The van der Waals surface area contributed by atoms with Crippen LogP contribution in [0, 0.1) is 0 Å². The Bertz CT molecular complexity index is 1640. The van der Waals surface area contributed by atoms with Crippen LogP contribution in [0.15, 0.2) is 96.7 Å². The van der Waals surface area contributed by atoms with Crippen LogP contribution in [0.4, 0.5) is 5.69 Å². The van der Waals surface area contributed by atoms with Gasteiger partial charge in [-0.05, 0) is 24.3 Å². The summed E-state index contributed by atoms with van der Waals surface area (Å²) in [5.74, 6) is 1.77. The highest BCUT2D eigenvalue weighted by Gasteiger charge is 2.19. The number of hydrogen-bond donors (Lipinski definition) is 1. The zero-order chi connectivity index (χ0) is 27.2. The smallest absolute Gasteiger partial charge is 0.234 e. The standard InChI is InChI=1S/C30H27N5O3S/c1-4-16-35-29(23-18-25(20-10-6-5-7-11-20)31-24-13-9-8-12-22(23)24)33-34-30(35)39-19-28(36)32-26-17-21(37-2)14-15-27(26)38-3/h4-15,17-18H,1,16,19H2,2-3H3,(H,32,36). The number of anilines is 1. The number of benzene rings is 3. The van der Waals surface area contributed by atoms with E-state index in [0.29, 0.717) is 34.7 Å². The van der Waals surface area contributed by atoms with Crippen molar-refractivity contribution in [3.8, 4) is 34.1 Å². The lowest BCUT2D eigenvalue weighted by atomic mass is 10.0. The van der Waals surface area contributed by atoms with Crippen LogP contribution in [0.3, 0.4) is 0 Å². The number of nitrogens with zero attached hydrogens (tertiary/aromatic N) is 4. The minimum absolute atomic E-state index is 0.127. The van der Waals surface area contributed by atoms with Gasteiger partial charge in [0.05, 0.1) is 36.9 Å². The number of allylic oxidation sites excluding steroid dienone is 1. The third-order valence-electron chi connectivity index (χ3n) is 6.07. The first-order valence-corrected chi connectivity index (χ1v) is 13.2. The van der Waals surface area contributed by atoms with Gasteiger partial charge in [-0.2, -0.15) is 0 Å². The molecule has 5 aromatic rings. The molecule has 9 heteroatoms. The molecule has 0 saturated heterocycles. The number of hydrogen-bond acceptors (Lipinski definition) is 7. The van der Waals surface area contributed by atoms with Crippen molar-refractivity contribution in [3.63, 3.8) is 0 Å². The molecule has 0 aliphatic rings. The Hall–Kier alpha value is -4.63. The maximum atomic E-state index is 12.9. The van der Waals surface area contributed by atoms with Gasteiger partial charge in [0, 0.05) is 29.1 Å². The summed E-state index contributed by atoms with van der Waals surface area (Å²) in [5.41, 5.74) is 4.17. The number of thioether (sulfide) groups is 1. The summed E-state index contributed by atoms with van der Waals surface area (Å²) in [5, 5.41) is 13.5. The van der Waals surface area contributed by atoms with E-state index < -0.39 is 0 Å². The third-order valence-corrected chi connectivity index (χ3v) is 7.04. The number of aromatic nitrogens is 4. The van der Waals surface area contributed by atoms with Crippen LogP contribution in [-0.4, -0.2) is 45.6 Å². The summed E-state index contributed by atoms with van der Waals surface area (Å²) in [6.45, 7) is 4.40. The molecular weight excluding hydrogens is 510 g/mol. The third kappa shape index (κ3) is 5.63. The Kier molecular flexibility index (Phi) is 7.88. The van der Waals surface area contributed by atoms with Gasteiger partial charge in [-0.1, -0.05) is 66.4 Å². The lowest BCUT2D eigenvalue weighted by Crippen LogP contribution is -2.15. The number of carbonyl (C=O) groups excluding carboxylic acids is 1. The predicted molar refractivity (Wildman–Crippen MR) is 155 cm³/mol. The van der Waals surface area contributed by atoms with E-state index in [9.17, 15) is 4.79 Å². The van der Waals surface area contributed by atoms with E-state index in [1.807, 2.05) is 65.2 Å². The maximum Gasteiger partial charge on any atom is 0.234 e. The van der Waals surface area contributed by atoms with Gasteiger partial charge < -0.3 is 14.8 Å². The number of carbonyl (C=O) groups is 1. The van der Waals surface area contributed by atoms with Crippen molar-refractivity contribution in [1.82, 2.24) is 19.7 Å². The molecule has 0 saturated carbocycles. The van der Waals surface area contributed by atoms with Crippen LogP contribution in [0.2, 0.25) is 0 Å². The van der Waals surface area contributed by atoms with Gasteiger partial charge in [-0.3, -0.25) is 9.36 Å². The van der Waals surface area contributed by atoms with Gasteiger partial charge in [-0.25, -0.2) is 4.98 Å². The highest BCUT2D eigenvalue weighted by molar-refractivity contribution is 7.99. The van der Waals surface area contributed by atoms with Gasteiger partial charge in [0.2, 0.25) is 5.91 Å². The first-order chi connectivity index (χ1) is 19.1. The lowest BCUT2D eigenvalue weighted by molar-refractivity contribution is -0.113. The predicted octanol–water partition coefficient (Wildman–Crippen LogP) is 6.09. The van der Waals surface area contributed by atoms with Crippen molar-refractivity contribution in [3.05, 3.63) is 91.5 Å². The minimum Gasteiger partial charge on any atom is -0.497 e. The Labute approximate surface area is 230 Å². The second-order valence-electron chi connectivity index (χ2n) is 8.55. The number of ether oxygens (including phenoxy) is 2. The van der Waals surface area contributed by atoms with Crippen molar-refractivity contribution in [1.29, 1.82) is 0 Å². The van der Waals surface area contributed by atoms with E-state index in [1.165, 1.54) is 11.8 Å². The van der Waals surface area contributed by atoms with Crippen LogP contribution in [0.5, 0.6) is 11.5 Å². The fraction of sp³-hybridized carbons (Fsp3) is 0.133. The molecule has 0 bridgehead atoms. The fourth-order valence-electron chi connectivity index (χ4n) is 4.23. The number of pyridine rings is 1. The summed E-state index contributed by atoms with van der Waals surface area (Å²) >= 11 is 1.30. The molecule has 0 radical (unpaired) electrons. The molecular formula is C30H27N5O3S. The molecule has 5 rings (SSSR count). The number of para-hydroxylation sites is 1.